The van der Waals surface area contributed by atoms with Crippen molar-refractivity contribution in [3.05, 3.63) is 66.5 Å². The molecule has 12 heteroatoms. The van der Waals surface area contributed by atoms with Crippen LogP contribution in [-0.2, 0) is 6.18 Å². The fourth-order valence-electron chi connectivity index (χ4n) is 4.19. The van der Waals surface area contributed by atoms with E-state index in [0.717, 1.165) is 24.4 Å². The van der Waals surface area contributed by atoms with Crippen molar-refractivity contribution in [2.75, 3.05) is 21.7 Å². The number of hydrogen-bond acceptors (Lipinski definition) is 7. The molecule has 4 aromatic rings. The lowest BCUT2D eigenvalue weighted by Gasteiger charge is -2.39. The molecule has 1 saturated heterocycles. The minimum atomic E-state index is -4.47. The number of aromatic nitrogens is 4. The molecule has 1 aromatic carbocycles. The second-order valence-corrected chi connectivity index (χ2v) is 8.03. The summed E-state index contributed by atoms with van der Waals surface area (Å²) < 4.78 is 45.1. The van der Waals surface area contributed by atoms with E-state index in [1.807, 2.05) is 4.90 Å². The molecule has 0 bridgehead atoms. The molecule has 2 amide bonds. The number of benzene rings is 1. The van der Waals surface area contributed by atoms with E-state index < -0.39 is 17.8 Å². The van der Waals surface area contributed by atoms with Crippen LogP contribution in [0.5, 0.6) is 0 Å². The molecule has 5 heterocycles. The van der Waals surface area contributed by atoms with Gasteiger partial charge in [-0.15, -0.1) is 5.10 Å². The maximum Gasteiger partial charge on any atom is 0.416 e. The lowest BCUT2D eigenvalue weighted by atomic mass is 10.1. The van der Waals surface area contributed by atoms with Crippen molar-refractivity contribution in [2.24, 2.45) is 0 Å². The number of urea groups is 1. The summed E-state index contributed by atoms with van der Waals surface area (Å²) in [5.74, 6) is 0.553. The normalized spacial score (nSPS) is 16.5. The highest BCUT2D eigenvalue weighted by atomic mass is 19.4. The van der Waals surface area contributed by atoms with E-state index in [4.69, 9.17) is 4.42 Å². The Bertz CT molecular complexity index is 1420. The first-order valence-corrected chi connectivity index (χ1v) is 10.7. The number of pyridine rings is 2. The quantitative estimate of drug-likeness (QED) is 0.451. The Morgan fingerprint density at radius 3 is 2.69 bits per heavy atom. The molecule has 6 rings (SSSR count). The van der Waals surface area contributed by atoms with E-state index in [0.29, 0.717) is 29.1 Å². The molecule has 1 N–H and O–H groups in total. The van der Waals surface area contributed by atoms with Crippen LogP contribution in [0.25, 0.3) is 22.7 Å². The molecular formula is C23H16F3N7O2. The fourth-order valence-corrected chi connectivity index (χ4v) is 4.19. The second kappa shape index (κ2) is 7.79. The van der Waals surface area contributed by atoms with Crippen LogP contribution >= 0.6 is 0 Å². The molecule has 0 radical (unpaired) electrons. The fraction of sp³-hybridized carbons (Fsp3) is 0.174. The number of nitrogens with zero attached hydrogens (tertiary/aromatic N) is 6. The SMILES string of the molecule is O=C(Nc1nnc(-c2cccnc2)o1)N1c2nc(-c3cccc(C(F)(F)F)c3)ccc2N2CCC21. The Hall–Kier alpha value is -4.48. The van der Waals surface area contributed by atoms with Gasteiger partial charge in [-0.1, -0.05) is 17.2 Å². The monoisotopic (exact) mass is 479 g/mol. The highest BCUT2D eigenvalue weighted by Gasteiger charge is 2.46. The van der Waals surface area contributed by atoms with Gasteiger partial charge in [0.15, 0.2) is 5.82 Å². The molecule has 1 unspecified atom stereocenters. The zero-order valence-electron chi connectivity index (χ0n) is 17.9. The van der Waals surface area contributed by atoms with Crippen molar-refractivity contribution in [1.82, 2.24) is 20.2 Å². The molecule has 1 atom stereocenters. The van der Waals surface area contributed by atoms with Crippen LogP contribution < -0.4 is 15.1 Å². The number of alkyl halides is 3. The molecule has 1 fully saturated rings. The maximum atomic E-state index is 13.2. The number of hydrogen-bond donors (Lipinski definition) is 1. The molecule has 176 valence electrons. The molecule has 3 aromatic heterocycles. The van der Waals surface area contributed by atoms with Gasteiger partial charge >= 0.3 is 18.2 Å². The molecule has 0 aliphatic carbocycles. The van der Waals surface area contributed by atoms with Crippen molar-refractivity contribution in [3.63, 3.8) is 0 Å². The smallest absolute Gasteiger partial charge is 0.403 e. The number of amides is 2. The molecule has 0 spiro atoms. The van der Waals surface area contributed by atoms with Crippen molar-refractivity contribution < 1.29 is 22.4 Å². The van der Waals surface area contributed by atoms with Gasteiger partial charge < -0.3 is 9.32 Å². The number of fused-ring (bicyclic) bond motifs is 3. The highest BCUT2D eigenvalue weighted by Crippen LogP contribution is 2.45. The average molecular weight is 479 g/mol. The lowest BCUT2D eigenvalue weighted by molar-refractivity contribution is -0.137. The summed E-state index contributed by atoms with van der Waals surface area (Å²) in [5.41, 5.74) is 1.19. The van der Waals surface area contributed by atoms with Crippen LogP contribution in [0.1, 0.15) is 12.0 Å². The maximum absolute atomic E-state index is 13.2. The van der Waals surface area contributed by atoms with Crippen LogP contribution in [0, 0.1) is 0 Å². The Kier molecular flexibility index (Phi) is 4.69. The lowest BCUT2D eigenvalue weighted by Crippen LogP contribution is -2.56. The third-order valence-corrected chi connectivity index (χ3v) is 5.93. The van der Waals surface area contributed by atoms with Gasteiger partial charge in [0.05, 0.1) is 22.5 Å². The van der Waals surface area contributed by atoms with Crippen molar-refractivity contribution in [3.8, 4) is 22.7 Å². The van der Waals surface area contributed by atoms with E-state index in [-0.39, 0.29) is 18.1 Å². The molecule has 0 saturated carbocycles. The van der Waals surface area contributed by atoms with Gasteiger partial charge in [-0.3, -0.25) is 15.2 Å². The Balaban J connectivity index is 1.30. The van der Waals surface area contributed by atoms with Crippen LogP contribution in [-0.4, -0.2) is 38.9 Å². The van der Waals surface area contributed by atoms with Gasteiger partial charge in [0.2, 0.25) is 0 Å². The van der Waals surface area contributed by atoms with E-state index in [2.05, 4.69) is 25.5 Å². The van der Waals surface area contributed by atoms with Gasteiger partial charge in [0, 0.05) is 30.9 Å². The van der Waals surface area contributed by atoms with Gasteiger partial charge in [0.25, 0.3) is 5.89 Å². The highest BCUT2D eigenvalue weighted by molar-refractivity contribution is 6.05. The number of carbonyl (C=O) groups is 1. The number of nitrogens with one attached hydrogen (secondary N) is 1. The summed E-state index contributed by atoms with van der Waals surface area (Å²) >= 11 is 0. The third kappa shape index (κ3) is 3.63. The molecule has 2 aliphatic heterocycles. The minimum absolute atomic E-state index is 0.0952. The first kappa shape index (κ1) is 21.1. The van der Waals surface area contributed by atoms with Crippen LogP contribution in [0.2, 0.25) is 0 Å². The number of rotatable bonds is 3. The number of halogens is 3. The van der Waals surface area contributed by atoms with Gasteiger partial charge in [-0.05, 0) is 36.4 Å². The first-order valence-electron chi connectivity index (χ1n) is 10.7. The third-order valence-electron chi connectivity index (χ3n) is 5.93. The summed E-state index contributed by atoms with van der Waals surface area (Å²) in [6.07, 6.45) is -0.843. The van der Waals surface area contributed by atoms with E-state index in [1.54, 1.807) is 42.7 Å². The number of anilines is 3. The summed E-state index contributed by atoms with van der Waals surface area (Å²) in [6.45, 7) is 0.734. The molecule has 9 nitrogen and oxygen atoms in total. The number of carbonyl (C=O) groups excluding carboxylic acids is 1. The average Bonchev–Trinajstić information content (AvgIpc) is 3.38. The second-order valence-electron chi connectivity index (χ2n) is 8.03. The Labute approximate surface area is 196 Å². The summed E-state index contributed by atoms with van der Waals surface area (Å²) in [7, 11) is 0. The standard InChI is InChI=1S/C23H16F3N7O2/c24-23(25,26)15-5-1-3-13(11-15)16-6-7-17-19(28-16)33(18-8-10-32(17)18)22(34)29-21-31-30-20(35-21)14-4-2-9-27-12-14/h1-7,9,11-12,18H,8,10H2,(H,29,31,34). The van der Waals surface area contributed by atoms with E-state index in [9.17, 15) is 18.0 Å². The minimum Gasteiger partial charge on any atom is -0.403 e. The van der Waals surface area contributed by atoms with Crippen molar-refractivity contribution in [2.45, 2.75) is 18.8 Å². The van der Waals surface area contributed by atoms with E-state index in [1.165, 1.54) is 11.0 Å². The molecular weight excluding hydrogens is 463 g/mol. The topological polar surface area (TPSA) is 100 Å². The Morgan fingerprint density at radius 1 is 1.09 bits per heavy atom. The predicted molar refractivity (Wildman–Crippen MR) is 119 cm³/mol. The van der Waals surface area contributed by atoms with E-state index >= 15 is 0 Å². The zero-order chi connectivity index (χ0) is 24.2. The zero-order valence-corrected chi connectivity index (χ0v) is 17.9. The van der Waals surface area contributed by atoms with Crippen LogP contribution in [0.15, 0.2) is 65.3 Å². The van der Waals surface area contributed by atoms with Crippen LogP contribution in [0.3, 0.4) is 0 Å². The summed E-state index contributed by atoms with van der Waals surface area (Å²) in [4.78, 5) is 25.2. The predicted octanol–water partition coefficient (Wildman–Crippen LogP) is 4.80. The van der Waals surface area contributed by atoms with Crippen molar-refractivity contribution in [1.29, 1.82) is 0 Å². The summed E-state index contributed by atoms with van der Waals surface area (Å²) in [5, 5.41) is 10.4. The van der Waals surface area contributed by atoms with Crippen LogP contribution in [0.4, 0.5) is 35.5 Å². The van der Waals surface area contributed by atoms with Gasteiger partial charge in [-0.25, -0.2) is 9.78 Å². The van der Waals surface area contributed by atoms with Gasteiger partial charge in [-0.2, -0.15) is 13.2 Å². The van der Waals surface area contributed by atoms with Crippen molar-refractivity contribution >= 4 is 23.6 Å². The largest absolute Gasteiger partial charge is 0.416 e. The van der Waals surface area contributed by atoms with Gasteiger partial charge in [0.1, 0.15) is 6.17 Å². The molecule has 35 heavy (non-hydrogen) atoms. The summed E-state index contributed by atoms with van der Waals surface area (Å²) in [6, 6.07) is 11.2. The Morgan fingerprint density at radius 2 is 1.94 bits per heavy atom. The first-order chi connectivity index (χ1) is 16.9. The molecule has 2 aliphatic rings.